The summed E-state index contributed by atoms with van der Waals surface area (Å²) in [6, 6.07) is 14.3. The van der Waals surface area contributed by atoms with E-state index in [0.717, 1.165) is 44.6 Å². The minimum Gasteiger partial charge on any atom is -0.497 e. The summed E-state index contributed by atoms with van der Waals surface area (Å²) < 4.78 is 38.3. The van der Waals surface area contributed by atoms with Crippen LogP contribution >= 0.6 is 0 Å². The van der Waals surface area contributed by atoms with Gasteiger partial charge in [0.15, 0.2) is 0 Å². The lowest BCUT2D eigenvalue weighted by atomic mass is 10.1. The van der Waals surface area contributed by atoms with Gasteiger partial charge in [0.1, 0.15) is 5.75 Å². The van der Waals surface area contributed by atoms with E-state index in [0.29, 0.717) is 25.3 Å². The van der Waals surface area contributed by atoms with E-state index >= 15 is 0 Å². The number of hydrogen-bond acceptors (Lipinski definition) is 6. The first kappa shape index (κ1) is 24.7. The van der Waals surface area contributed by atoms with E-state index in [2.05, 4.69) is 21.8 Å². The fourth-order valence-corrected chi connectivity index (χ4v) is 5.37. The van der Waals surface area contributed by atoms with Crippen molar-refractivity contribution in [2.75, 3.05) is 53.0 Å². The lowest BCUT2D eigenvalue weighted by molar-refractivity contribution is 0.0638. The number of rotatable bonds is 9. The van der Waals surface area contributed by atoms with Crippen LogP contribution in [0.1, 0.15) is 28.8 Å². The maximum Gasteiger partial charge on any atom is 0.253 e. The summed E-state index contributed by atoms with van der Waals surface area (Å²) >= 11 is 0. The maximum atomic E-state index is 12.9. The van der Waals surface area contributed by atoms with Gasteiger partial charge in [-0.25, -0.2) is 13.1 Å². The molecule has 2 aliphatic rings. The van der Waals surface area contributed by atoms with Gasteiger partial charge in [-0.15, -0.1) is 0 Å². The van der Waals surface area contributed by atoms with E-state index in [9.17, 15) is 13.2 Å². The zero-order valence-electron chi connectivity index (χ0n) is 19.6. The van der Waals surface area contributed by atoms with Gasteiger partial charge in [0.25, 0.3) is 5.91 Å². The highest BCUT2D eigenvalue weighted by Crippen LogP contribution is 2.16. The minimum atomic E-state index is -3.62. The molecule has 1 atom stereocenters. The molecule has 184 valence electrons. The van der Waals surface area contributed by atoms with Crippen molar-refractivity contribution < 1.29 is 22.7 Å². The molecule has 0 bridgehead atoms. The predicted molar refractivity (Wildman–Crippen MR) is 130 cm³/mol. The molecule has 0 spiro atoms. The first-order chi connectivity index (χ1) is 16.4. The summed E-state index contributed by atoms with van der Waals surface area (Å²) in [6.45, 7) is 4.85. The normalized spacial score (nSPS) is 19.3. The quantitative estimate of drug-likeness (QED) is 0.583. The van der Waals surface area contributed by atoms with Crippen LogP contribution in [0.15, 0.2) is 53.4 Å². The standard InChI is InChI=1S/C25H33N3O5S/c1-32-22-8-4-20(5-9-22)12-13-27-14-16-28(17-15-27)25(29)21-6-10-24(11-7-21)34(30,31)26-19-23-3-2-18-33-23/h4-11,23,26H,2-3,12-19H2,1H3. The van der Waals surface area contributed by atoms with Crippen LogP contribution in [0.5, 0.6) is 5.75 Å². The first-order valence-corrected chi connectivity index (χ1v) is 13.3. The molecule has 2 aliphatic heterocycles. The molecule has 2 aromatic carbocycles. The van der Waals surface area contributed by atoms with Gasteiger partial charge in [-0.05, 0) is 61.2 Å². The molecule has 0 saturated carbocycles. The van der Waals surface area contributed by atoms with Gasteiger partial charge in [0.05, 0.1) is 18.1 Å². The smallest absolute Gasteiger partial charge is 0.253 e. The predicted octanol–water partition coefficient (Wildman–Crippen LogP) is 2.15. The first-order valence-electron chi connectivity index (χ1n) is 11.8. The lowest BCUT2D eigenvalue weighted by Crippen LogP contribution is -2.49. The lowest BCUT2D eigenvalue weighted by Gasteiger charge is -2.34. The van der Waals surface area contributed by atoms with Crippen molar-refractivity contribution in [1.82, 2.24) is 14.5 Å². The van der Waals surface area contributed by atoms with Gasteiger partial charge in [-0.3, -0.25) is 9.69 Å². The SMILES string of the molecule is COc1ccc(CCN2CCN(C(=O)c3ccc(S(=O)(=O)NCC4CCCO4)cc3)CC2)cc1. The molecule has 0 aromatic heterocycles. The number of hydrogen-bond donors (Lipinski definition) is 1. The molecule has 2 saturated heterocycles. The van der Waals surface area contributed by atoms with E-state index in [1.807, 2.05) is 17.0 Å². The van der Waals surface area contributed by atoms with Gasteiger partial charge in [0.2, 0.25) is 10.0 Å². The Kier molecular flexibility index (Phi) is 8.20. The Morgan fingerprint density at radius 1 is 1.06 bits per heavy atom. The molecule has 0 aliphatic carbocycles. The topological polar surface area (TPSA) is 88.2 Å². The second kappa shape index (κ2) is 11.3. The summed E-state index contributed by atoms with van der Waals surface area (Å²) in [5.74, 6) is 0.794. The maximum absolute atomic E-state index is 12.9. The number of sulfonamides is 1. The van der Waals surface area contributed by atoms with Crippen LogP contribution in [0.3, 0.4) is 0 Å². The summed E-state index contributed by atoms with van der Waals surface area (Å²) in [7, 11) is -1.96. The molecular weight excluding hydrogens is 454 g/mol. The van der Waals surface area contributed by atoms with Gasteiger partial charge in [-0.1, -0.05) is 12.1 Å². The molecule has 2 heterocycles. The highest BCUT2D eigenvalue weighted by molar-refractivity contribution is 7.89. The number of methoxy groups -OCH3 is 1. The van der Waals surface area contributed by atoms with Gasteiger partial charge >= 0.3 is 0 Å². The van der Waals surface area contributed by atoms with E-state index in [1.165, 1.54) is 17.7 Å². The third-order valence-corrected chi connectivity index (χ3v) is 7.91. The van der Waals surface area contributed by atoms with Crippen LogP contribution in [0.25, 0.3) is 0 Å². The average Bonchev–Trinajstić information content (AvgIpc) is 3.40. The number of carbonyl (C=O) groups excluding carboxylic acids is 1. The average molecular weight is 488 g/mol. The van der Waals surface area contributed by atoms with Gasteiger partial charge in [-0.2, -0.15) is 0 Å². The Hall–Kier alpha value is -2.46. The van der Waals surface area contributed by atoms with E-state index < -0.39 is 10.0 Å². The van der Waals surface area contributed by atoms with Crippen LogP contribution in [0.2, 0.25) is 0 Å². The Morgan fingerprint density at radius 2 is 1.76 bits per heavy atom. The highest BCUT2D eigenvalue weighted by atomic mass is 32.2. The minimum absolute atomic E-state index is 0.0638. The monoisotopic (exact) mass is 487 g/mol. The van der Waals surface area contributed by atoms with E-state index in [-0.39, 0.29) is 23.5 Å². The van der Waals surface area contributed by atoms with Crippen molar-refractivity contribution in [1.29, 1.82) is 0 Å². The van der Waals surface area contributed by atoms with Crippen LogP contribution in [0, 0.1) is 0 Å². The molecule has 2 fully saturated rings. The van der Waals surface area contributed by atoms with Gasteiger partial charge in [0, 0.05) is 51.4 Å². The molecular formula is C25H33N3O5S. The van der Waals surface area contributed by atoms with Crippen LogP contribution in [-0.2, 0) is 21.2 Å². The number of piperazine rings is 1. The number of ether oxygens (including phenoxy) is 2. The molecule has 0 radical (unpaired) electrons. The number of benzene rings is 2. The third-order valence-electron chi connectivity index (χ3n) is 6.47. The van der Waals surface area contributed by atoms with Crippen molar-refractivity contribution in [2.24, 2.45) is 0 Å². The zero-order chi connectivity index (χ0) is 24.0. The van der Waals surface area contributed by atoms with Crippen molar-refractivity contribution in [3.8, 4) is 5.75 Å². The van der Waals surface area contributed by atoms with Gasteiger partial charge < -0.3 is 14.4 Å². The Bertz CT molecular complexity index is 1040. The summed E-state index contributed by atoms with van der Waals surface area (Å²) in [4.78, 5) is 17.3. The highest BCUT2D eigenvalue weighted by Gasteiger charge is 2.24. The molecule has 9 heteroatoms. The Balaban J connectivity index is 1.24. The van der Waals surface area contributed by atoms with E-state index in [4.69, 9.17) is 9.47 Å². The summed E-state index contributed by atoms with van der Waals surface area (Å²) in [5, 5.41) is 0. The van der Waals surface area contributed by atoms with Crippen molar-refractivity contribution in [2.45, 2.75) is 30.3 Å². The second-order valence-electron chi connectivity index (χ2n) is 8.74. The van der Waals surface area contributed by atoms with Crippen LogP contribution in [-0.4, -0.2) is 83.2 Å². The third kappa shape index (κ3) is 6.35. The Morgan fingerprint density at radius 3 is 2.38 bits per heavy atom. The van der Waals surface area contributed by atoms with Crippen LogP contribution in [0.4, 0.5) is 0 Å². The molecule has 4 rings (SSSR count). The summed E-state index contributed by atoms with van der Waals surface area (Å²) in [6.07, 6.45) is 2.71. The molecule has 8 nitrogen and oxygen atoms in total. The van der Waals surface area contributed by atoms with Crippen molar-refractivity contribution in [3.05, 3.63) is 59.7 Å². The molecule has 2 aromatic rings. The molecule has 1 N–H and O–H groups in total. The number of nitrogens with one attached hydrogen (secondary N) is 1. The van der Waals surface area contributed by atoms with Crippen molar-refractivity contribution in [3.63, 3.8) is 0 Å². The Labute approximate surface area is 201 Å². The molecule has 1 amide bonds. The second-order valence-corrected chi connectivity index (χ2v) is 10.5. The largest absolute Gasteiger partial charge is 0.497 e. The fraction of sp³-hybridized carbons (Fsp3) is 0.480. The number of amides is 1. The van der Waals surface area contributed by atoms with E-state index in [1.54, 1.807) is 19.2 Å². The fourth-order valence-electron chi connectivity index (χ4n) is 4.30. The molecule has 1 unspecified atom stereocenters. The van der Waals surface area contributed by atoms with Crippen LogP contribution < -0.4 is 9.46 Å². The number of nitrogens with zero attached hydrogens (tertiary/aromatic N) is 2. The number of carbonyl (C=O) groups is 1. The molecule has 34 heavy (non-hydrogen) atoms. The summed E-state index contributed by atoms with van der Waals surface area (Å²) in [5.41, 5.74) is 1.77. The van der Waals surface area contributed by atoms with Crippen molar-refractivity contribution >= 4 is 15.9 Å². The zero-order valence-corrected chi connectivity index (χ0v) is 20.4.